The third-order valence-corrected chi connectivity index (χ3v) is 6.01. The first-order chi connectivity index (χ1) is 14.0. The number of nitrogens with one attached hydrogen (secondary N) is 2. The van der Waals surface area contributed by atoms with E-state index < -0.39 is 5.60 Å². The third-order valence-electron chi connectivity index (χ3n) is 5.04. The molecule has 0 amide bonds. The van der Waals surface area contributed by atoms with E-state index in [1.54, 1.807) is 29.1 Å². The van der Waals surface area contributed by atoms with Gasteiger partial charge in [-0.25, -0.2) is 4.99 Å². The molecule has 0 bridgehead atoms. The van der Waals surface area contributed by atoms with Gasteiger partial charge in [0, 0.05) is 49.9 Å². The number of aliphatic hydroxyl groups is 1. The lowest BCUT2D eigenvalue weighted by Crippen LogP contribution is -2.46. The van der Waals surface area contributed by atoms with Crippen LogP contribution >= 0.6 is 11.3 Å². The number of aromatic nitrogens is 2. The molecule has 3 rings (SSSR count). The third kappa shape index (κ3) is 6.02. The second-order valence-corrected chi connectivity index (χ2v) is 8.41. The highest BCUT2D eigenvalue weighted by molar-refractivity contribution is 7.10. The van der Waals surface area contributed by atoms with Crippen molar-refractivity contribution in [3.63, 3.8) is 0 Å². The van der Waals surface area contributed by atoms with Crippen LogP contribution in [0.5, 0.6) is 0 Å². The van der Waals surface area contributed by atoms with E-state index >= 15 is 0 Å². The molecule has 0 spiro atoms. The number of ether oxygens (including phenoxy) is 1. The Bertz CT molecular complexity index is 768. The summed E-state index contributed by atoms with van der Waals surface area (Å²) in [4.78, 5) is 8.42. The number of hydrogen-bond donors (Lipinski definition) is 3. The summed E-state index contributed by atoms with van der Waals surface area (Å²) in [6, 6.07) is 4.54. The number of morpholine rings is 1. The van der Waals surface area contributed by atoms with E-state index in [0.717, 1.165) is 45.0 Å². The predicted octanol–water partition coefficient (Wildman–Crippen LogP) is 1.32. The van der Waals surface area contributed by atoms with Crippen LogP contribution in [-0.2, 0) is 17.4 Å². The van der Waals surface area contributed by atoms with Gasteiger partial charge >= 0.3 is 0 Å². The number of rotatable bonds is 8. The second kappa shape index (κ2) is 10.2. The van der Waals surface area contributed by atoms with Gasteiger partial charge < -0.3 is 20.5 Å². The summed E-state index contributed by atoms with van der Waals surface area (Å²) in [5.74, 6) is 0.700. The first-order valence-electron chi connectivity index (χ1n) is 10.1. The molecule has 2 aromatic heterocycles. The van der Waals surface area contributed by atoms with Crippen molar-refractivity contribution in [2.75, 3.05) is 45.9 Å². The van der Waals surface area contributed by atoms with E-state index in [1.807, 2.05) is 20.2 Å². The van der Waals surface area contributed by atoms with Crippen molar-refractivity contribution >= 4 is 17.3 Å². The van der Waals surface area contributed by atoms with Crippen molar-refractivity contribution < 1.29 is 9.84 Å². The number of guanidine groups is 1. The van der Waals surface area contributed by atoms with Crippen molar-refractivity contribution in [3.8, 4) is 0 Å². The van der Waals surface area contributed by atoms with Crippen LogP contribution in [0.1, 0.15) is 30.3 Å². The quantitative estimate of drug-likeness (QED) is 0.441. The maximum absolute atomic E-state index is 10.8. The van der Waals surface area contributed by atoms with E-state index in [1.165, 1.54) is 4.88 Å². The molecule has 160 valence electrons. The molecule has 1 aliphatic heterocycles. The Morgan fingerprint density at radius 1 is 1.41 bits per heavy atom. The number of nitrogens with zero attached hydrogens (tertiary/aromatic N) is 4. The van der Waals surface area contributed by atoms with Crippen LogP contribution in [0, 0.1) is 0 Å². The summed E-state index contributed by atoms with van der Waals surface area (Å²) in [6.07, 6.45) is 3.50. The average molecular weight is 421 g/mol. The summed E-state index contributed by atoms with van der Waals surface area (Å²) in [5.41, 5.74) is -0.321. The molecule has 1 saturated heterocycles. The minimum atomic E-state index is -1.08. The Labute approximate surface area is 176 Å². The van der Waals surface area contributed by atoms with E-state index in [0.29, 0.717) is 5.96 Å². The highest BCUT2D eigenvalue weighted by Crippen LogP contribution is 2.25. The first-order valence-corrected chi connectivity index (χ1v) is 11.0. The van der Waals surface area contributed by atoms with Crippen molar-refractivity contribution in [3.05, 3.63) is 40.3 Å². The Hall–Kier alpha value is -1.94. The van der Waals surface area contributed by atoms with Crippen LogP contribution in [0.4, 0.5) is 0 Å². The topological polar surface area (TPSA) is 86.9 Å². The molecule has 0 radical (unpaired) electrons. The molecule has 9 heteroatoms. The van der Waals surface area contributed by atoms with Gasteiger partial charge in [0.1, 0.15) is 5.60 Å². The molecule has 1 fully saturated rings. The van der Waals surface area contributed by atoms with Gasteiger partial charge in [-0.1, -0.05) is 6.07 Å². The van der Waals surface area contributed by atoms with Crippen molar-refractivity contribution in [2.24, 2.45) is 12.0 Å². The molecule has 3 heterocycles. The lowest BCUT2D eigenvalue weighted by molar-refractivity contribution is 0.0177. The van der Waals surface area contributed by atoms with E-state index in [2.05, 4.69) is 43.1 Å². The monoisotopic (exact) mass is 420 g/mol. The van der Waals surface area contributed by atoms with Crippen LogP contribution in [0.3, 0.4) is 0 Å². The fraction of sp³-hybridized carbons (Fsp3) is 0.600. The van der Waals surface area contributed by atoms with Crippen LogP contribution < -0.4 is 10.6 Å². The minimum absolute atomic E-state index is 0.245. The van der Waals surface area contributed by atoms with Crippen molar-refractivity contribution in [1.82, 2.24) is 25.3 Å². The maximum atomic E-state index is 10.8. The van der Waals surface area contributed by atoms with Crippen molar-refractivity contribution in [2.45, 2.75) is 25.5 Å². The maximum Gasteiger partial charge on any atom is 0.191 e. The van der Waals surface area contributed by atoms with E-state index in [-0.39, 0.29) is 12.6 Å². The fourth-order valence-electron chi connectivity index (χ4n) is 3.34. The number of aryl methyl sites for hydroxylation is 1. The van der Waals surface area contributed by atoms with Gasteiger partial charge in [-0.15, -0.1) is 11.3 Å². The molecule has 29 heavy (non-hydrogen) atoms. The zero-order chi connectivity index (χ0) is 20.7. The lowest BCUT2D eigenvalue weighted by atomic mass is 10.0. The van der Waals surface area contributed by atoms with Crippen LogP contribution in [0.25, 0.3) is 0 Å². The zero-order valence-electron chi connectivity index (χ0n) is 17.5. The summed E-state index contributed by atoms with van der Waals surface area (Å²) >= 11 is 1.77. The second-order valence-electron chi connectivity index (χ2n) is 7.43. The van der Waals surface area contributed by atoms with Gasteiger partial charge in [-0.05, 0) is 25.3 Å². The van der Waals surface area contributed by atoms with Gasteiger partial charge in [-0.2, -0.15) is 5.10 Å². The Balaban J connectivity index is 1.67. The van der Waals surface area contributed by atoms with E-state index in [9.17, 15) is 5.11 Å². The minimum Gasteiger partial charge on any atom is -0.383 e. The number of thiophene rings is 1. The summed E-state index contributed by atoms with van der Waals surface area (Å²) in [7, 11) is 1.84. The van der Waals surface area contributed by atoms with Gasteiger partial charge in [0.15, 0.2) is 5.96 Å². The average Bonchev–Trinajstić information content (AvgIpc) is 3.39. The van der Waals surface area contributed by atoms with Crippen LogP contribution in [0.2, 0.25) is 0 Å². The smallest absolute Gasteiger partial charge is 0.191 e. The van der Waals surface area contributed by atoms with Crippen LogP contribution in [-0.4, -0.2) is 71.7 Å². The normalized spacial score (nSPS) is 19.0. The van der Waals surface area contributed by atoms with Gasteiger partial charge in [0.25, 0.3) is 0 Å². The van der Waals surface area contributed by atoms with Gasteiger partial charge in [-0.3, -0.25) is 9.58 Å². The molecule has 1 aliphatic rings. The number of hydrogen-bond acceptors (Lipinski definition) is 6. The molecule has 0 aromatic carbocycles. The zero-order valence-corrected chi connectivity index (χ0v) is 18.3. The summed E-state index contributed by atoms with van der Waals surface area (Å²) in [6.45, 7) is 8.92. The van der Waals surface area contributed by atoms with Crippen molar-refractivity contribution in [1.29, 1.82) is 0 Å². The first kappa shape index (κ1) is 21.8. The van der Waals surface area contributed by atoms with Gasteiger partial charge in [0.2, 0.25) is 0 Å². The van der Waals surface area contributed by atoms with Gasteiger partial charge in [0.05, 0.1) is 32.0 Å². The predicted molar refractivity (Wildman–Crippen MR) is 116 cm³/mol. The largest absolute Gasteiger partial charge is 0.383 e. The summed E-state index contributed by atoms with van der Waals surface area (Å²) < 4.78 is 7.21. The molecule has 2 unspecified atom stereocenters. The molecule has 8 nitrogen and oxygen atoms in total. The molecule has 0 saturated carbocycles. The van der Waals surface area contributed by atoms with E-state index in [4.69, 9.17) is 4.74 Å². The molecular weight excluding hydrogens is 388 g/mol. The molecule has 3 N–H and O–H groups in total. The highest BCUT2D eigenvalue weighted by Gasteiger charge is 2.26. The molecule has 0 aliphatic carbocycles. The summed E-state index contributed by atoms with van der Waals surface area (Å²) in [5, 5.41) is 23.8. The highest BCUT2D eigenvalue weighted by atomic mass is 32.1. The number of aliphatic imine (C=N–C) groups is 1. The Kier molecular flexibility index (Phi) is 7.65. The lowest BCUT2D eigenvalue weighted by Gasteiger charge is -2.34. The standard InChI is InChI=1S/C20H32N6O2S/c1-4-21-19(23-15-20(2,27)16-12-24-25(3)14-16)22-13-17(18-6-5-11-29-18)26-7-9-28-10-8-26/h5-6,11-12,14,17,27H,4,7-10,13,15H2,1-3H3,(H2,21,22,23). The fourth-order valence-corrected chi connectivity index (χ4v) is 4.20. The molecular formula is C20H32N6O2S. The SMILES string of the molecule is CCNC(=NCC(C)(O)c1cnn(C)c1)NCC(c1cccs1)N1CCOCC1. The van der Waals surface area contributed by atoms with Crippen LogP contribution in [0.15, 0.2) is 34.9 Å². The Morgan fingerprint density at radius 2 is 2.21 bits per heavy atom. The Morgan fingerprint density at radius 3 is 2.83 bits per heavy atom. The molecule has 2 atom stereocenters. The molecule has 2 aromatic rings.